The number of rotatable bonds is 5. The fraction of sp³-hybridized carbons (Fsp3) is 0.0769. The van der Waals surface area contributed by atoms with Crippen molar-refractivity contribution in [3.63, 3.8) is 0 Å². The van der Waals surface area contributed by atoms with Gasteiger partial charge in [0, 0.05) is 47.3 Å². The first-order chi connectivity index (χ1) is 15.6. The number of carbonyl (C=O) groups excluding carboxylic acids is 1. The average molecular weight is 422 g/mol. The zero-order valence-electron chi connectivity index (χ0n) is 17.7. The molecule has 158 valence electrons. The second-order valence-electron chi connectivity index (χ2n) is 7.74. The van der Waals surface area contributed by atoms with E-state index in [9.17, 15) is 4.79 Å². The molecule has 0 bridgehead atoms. The van der Waals surface area contributed by atoms with E-state index in [1.807, 2.05) is 101 Å². The third-order valence-electron chi connectivity index (χ3n) is 5.39. The van der Waals surface area contributed by atoms with Gasteiger partial charge in [0.15, 0.2) is 0 Å². The number of anilines is 2. The second-order valence-corrected chi connectivity index (χ2v) is 7.74. The van der Waals surface area contributed by atoms with E-state index >= 15 is 0 Å². The van der Waals surface area contributed by atoms with Crippen LogP contribution >= 0.6 is 0 Å². The number of carbonyl (C=O) groups is 1. The lowest BCUT2D eigenvalue weighted by Crippen LogP contribution is -2.19. The number of benzene rings is 3. The van der Waals surface area contributed by atoms with Gasteiger partial charge in [0.25, 0.3) is 0 Å². The molecule has 3 aromatic carbocycles. The smallest absolute Gasteiger partial charge is 0.323 e. The largest absolute Gasteiger partial charge is 0.351 e. The minimum atomic E-state index is -0.285. The molecule has 0 fully saturated rings. The number of aromatic nitrogens is 3. The molecule has 5 rings (SSSR count). The third kappa shape index (κ3) is 4.25. The first-order valence-electron chi connectivity index (χ1n) is 10.4. The van der Waals surface area contributed by atoms with Crippen molar-refractivity contribution in [1.82, 2.24) is 14.3 Å². The molecule has 2 heterocycles. The topological polar surface area (TPSA) is 63.9 Å². The summed E-state index contributed by atoms with van der Waals surface area (Å²) in [5.74, 6) is 0. The van der Waals surface area contributed by atoms with Gasteiger partial charge in [0.1, 0.15) is 0 Å². The van der Waals surface area contributed by atoms with Crippen LogP contribution in [-0.4, -0.2) is 20.4 Å². The maximum Gasteiger partial charge on any atom is 0.323 e. The van der Waals surface area contributed by atoms with Crippen LogP contribution in [0.3, 0.4) is 0 Å². The Balaban J connectivity index is 1.27. The van der Waals surface area contributed by atoms with Gasteiger partial charge in [-0.1, -0.05) is 42.5 Å². The van der Waals surface area contributed by atoms with Crippen molar-refractivity contribution < 1.29 is 4.79 Å². The molecule has 0 atom stereocenters. The summed E-state index contributed by atoms with van der Waals surface area (Å²) in [4.78, 5) is 12.5. The van der Waals surface area contributed by atoms with E-state index in [1.54, 1.807) is 0 Å². The molecule has 0 saturated carbocycles. The van der Waals surface area contributed by atoms with E-state index in [0.29, 0.717) is 12.2 Å². The summed E-state index contributed by atoms with van der Waals surface area (Å²) < 4.78 is 3.96. The molecule has 0 saturated heterocycles. The van der Waals surface area contributed by atoms with Gasteiger partial charge in [-0.15, -0.1) is 0 Å². The van der Waals surface area contributed by atoms with Crippen LogP contribution in [0, 0.1) is 0 Å². The first-order valence-corrected chi connectivity index (χ1v) is 10.4. The molecule has 5 aromatic rings. The van der Waals surface area contributed by atoms with Crippen LogP contribution in [0.4, 0.5) is 16.2 Å². The van der Waals surface area contributed by atoms with Gasteiger partial charge in [0.2, 0.25) is 0 Å². The Kier molecular flexibility index (Phi) is 5.17. The zero-order chi connectivity index (χ0) is 21.9. The van der Waals surface area contributed by atoms with E-state index in [-0.39, 0.29) is 6.03 Å². The molecule has 0 unspecified atom stereocenters. The van der Waals surface area contributed by atoms with E-state index in [2.05, 4.69) is 27.9 Å². The minimum Gasteiger partial charge on any atom is -0.351 e. The standard InChI is InChI=1S/C26H23N5O/c1-30-14-12-21-17-23(10-11-25(21)30)28-26(32)27-22-9-5-8-20(16-22)24-13-15-31(29-24)18-19-6-3-2-4-7-19/h2-17H,18H2,1H3,(H2,27,28,32). The molecule has 2 amide bonds. The van der Waals surface area contributed by atoms with Crippen LogP contribution in [-0.2, 0) is 13.6 Å². The van der Waals surface area contributed by atoms with E-state index in [1.165, 1.54) is 5.56 Å². The first kappa shape index (κ1) is 19.6. The summed E-state index contributed by atoms with van der Waals surface area (Å²) in [6, 6.07) is 27.5. The lowest BCUT2D eigenvalue weighted by molar-refractivity contribution is 0.262. The third-order valence-corrected chi connectivity index (χ3v) is 5.39. The molecule has 2 aromatic heterocycles. The van der Waals surface area contributed by atoms with Crippen molar-refractivity contribution in [2.75, 3.05) is 10.6 Å². The Morgan fingerprint density at radius 3 is 2.50 bits per heavy atom. The Morgan fingerprint density at radius 1 is 0.844 bits per heavy atom. The summed E-state index contributed by atoms with van der Waals surface area (Å²) in [5, 5.41) is 11.6. The Hall–Kier alpha value is -4.32. The van der Waals surface area contributed by atoms with Gasteiger partial charge >= 0.3 is 6.03 Å². The number of urea groups is 1. The minimum absolute atomic E-state index is 0.285. The fourth-order valence-electron chi connectivity index (χ4n) is 3.78. The van der Waals surface area contributed by atoms with E-state index in [4.69, 9.17) is 0 Å². The van der Waals surface area contributed by atoms with Crippen LogP contribution < -0.4 is 10.6 Å². The highest BCUT2D eigenvalue weighted by Gasteiger charge is 2.08. The van der Waals surface area contributed by atoms with Crippen molar-refractivity contribution in [2.24, 2.45) is 7.05 Å². The Bertz CT molecular complexity index is 1380. The predicted octanol–water partition coefficient (Wildman–Crippen LogP) is 5.73. The maximum absolute atomic E-state index is 12.5. The number of nitrogens with zero attached hydrogens (tertiary/aromatic N) is 3. The van der Waals surface area contributed by atoms with Gasteiger partial charge < -0.3 is 15.2 Å². The molecule has 6 heteroatoms. The number of hydrogen-bond acceptors (Lipinski definition) is 2. The number of nitrogens with one attached hydrogen (secondary N) is 2. The van der Waals surface area contributed by atoms with Crippen LogP contribution in [0.15, 0.2) is 97.3 Å². The normalized spacial score (nSPS) is 10.9. The summed E-state index contributed by atoms with van der Waals surface area (Å²) in [6.07, 6.45) is 3.97. The average Bonchev–Trinajstić information content (AvgIpc) is 3.41. The monoisotopic (exact) mass is 421 g/mol. The van der Waals surface area contributed by atoms with Crippen molar-refractivity contribution in [3.8, 4) is 11.3 Å². The number of hydrogen-bond donors (Lipinski definition) is 2. The van der Waals surface area contributed by atoms with Crippen LogP contribution in [0.5, 0.6) is 0 Å². The highest BCUT2D eigenvalue weighted by molar-refractivity contribution is 6.01. The zero-order valence-corrected chi connectivity index (χ0v) is 17.7. The highest BCUT2D eigenvalue weighted by atomic mass is 16.2. The fourth-order valence-corrected chi connectivity index (χ4v) is 3.78. The van der Waals surface area contributed by atoms with Gasteiger partial charge in [-0.3, -0.25) is 4.68 Å². The molecular weight excluding hydrogens is 398 g/mol. The molecule has 0 spiro atoms. The van der Waals surface area contributed by atoms with Crippen molar-refractivity contribution in [2.45, 2.75) is 6.54 Å². The van der Waals surface area contributed by atoms with Crippen LogP contribution in [0.2, 0.25) is 0 Å². The molecule has 32 heavy (non-hydrogen) atoms. The van der Waals surface area contributed by atoms with Gasteiger partial charge in [0.05, 0.1) is 12.2 Å². The SMILES string of the molecule is Cn1ccc2cc(NC(=O)Nc3cccc(-c4ccn(Cc5ccccc5)n4)c3)ccc21. The van der Waals surface area contributed by atoms with Crippen molar-refractivity contribution in [3.05, 3.63) is 103 Å². The van der Waals surface area contributed by atoms with Gasteiger partial charge in [-0.05, 0) is 48.0 Å². The maximum atomic E-state index is 12.5. The molecule has 0 aliphatic rings. The van der Waals surface area contributed by atoms with Crippen molar-refractivity contribution >= 4 is 28.3 Å². The lowest BCUT2D eigenvalue weighted by Gasteiger charge is -2.09. The molecule has 6 nitrogen and oxygen atoms in total. The molecule has 0 aliphatic carbocycles. The van der Waals surface area contributed by atoms with Crippen LogP contribution in [0.25, 0.3) is 22.2 Å². The molecule has 2 N–H and O–H groups in total. The number of fused-ring (bicyclic) bond motifs is 1. The van der Waals surface area contributed by atoms with Crippen LogP contribution in [0.1, 0.15) is 5.56 Å². The van der Waals surface area contributed by atoms with E-state index < -0.39 is 0 Å². The van der Waals surface area contributed by atoms with E-state index in [0.717, 1.165) is 27.8 Å². The number of amides is 2. The predicted molar refractivity (Wildman–Crippen MR) is 129 cm³/mol. The molecule has 0 radical (unpaired) electrons. The lowest BCUT2D eigenvalue weighted by atomic mass is 10.1. The number of aryl methyl sites for hydroxylation is 1. The summed E-state index contributed by atoms with van der Waals surface area (Å²) >= 11 is 0. The second kappa shape index (κ2) is 8.43. The van der Waals surface area contributed by atoms with Gasteiger partial charge in [-0.25, -0.2) is 4.79 Å². The summed E-state index contributed by atoms with van der Waals surface area (Å²) in [6.45, 7) is 0.715. The quantitative estimate of drug-likeness (QED) is 0.380. The molecule has 0 aliphatic heterocycles. The summed E-state index contributed by atoms with van der Waals surface area (Å²) in [7, 11) is 2.00. The summed E-state index contributed by atoms with van der Waals surface area (Å²) in [5.41, 5.74) is 5.58. The van der Waals surface area contributed by atoms with Crippen molar-refractivity contribution in [1.29, 1.82) is 0 Å². The Morgan fingerprint density at radius 2 is 1.66 bits per heavy atom. The Labute approximate surface area is 186 Å². The van der Waals surface area contributed by atoms with Gasteiger partial charge in [-0.2, -0.15) is 5.10 Å². The highest BCUT2D eigenvalue weighted by Crippen LogP contribution is 2.23. The molecular formula is C26H23N5O.